The quantitative estimate of drug-likeness (QED) is 0.710. The summed E-state index contributed by atoms with van der Waals surface area (Å²) < 4.78 is 29.2. The van der Waals surface area contributed by atoms with Gasteiger partial charge in [-0.2, -0.15) is 0 Å². The Morgan fingerprint density at radius 2 is 2.11 bits per heavy atom. The molecule has 0 amide bonds. The maximum absolute atomic E-state index is 11.8. The number of ether oxygens (including phenoxy) is 1. The van der Waals surface area contributed by atoms with Gasteiger partial charge in [0.1, 0.15) is 6.61 Å². The summed E-state index contributed by atoms with van der Waals surface area (Å²) in [5.41, 5.74) is -1.31. The van der Waals surface area contributed by atoms with Gasteiger partial charge in [-0.15, -0.1) is 0 Å². The van der Waals surface area contributed by atoms with Crippen LogP contribution in [0.15, 0.2) is 9.59 Å². The van der Waals surface area contributed by atoms with Gasteiger partial charge in [0.25, 0.3) is 12.0 Å². The second kappa shape index (κ2) is 7.03. The number of hydrogen-bond acceptors (Lipinski definition) is 4. The number of hydrogen-bond donors (Lipinski definition) is 2. The average Bonchev–Trinajstić information content (AvgIpc) is 2.33. The van der Waals surface area contributed by atoms with Gasteiger partial charge in [-0.25, -0.2) is 13.6 Å². The van der Waals surface area contributed by atoms with Crippen molar-refractivity contribution in [3.05, 3.63) is 26.4 Å². The van der Waals surface area contributed by atoms with Gasteiger partial charge in [-0.3, -0.25) is 14.3 Å². The molecule has 1 rings (SSSR count). The fraction of sp³-hybridized carbons (Fsp3) is 0.636. The molecule has 1 aromatic heterocycles. The molecule has 0 spiro atoms. The maximum atomic E-state index is 11.8. The Balaban J connectivity index is 2.85. The van der Waals surface area contributed by atoms with Crippen LogP contribution in [0.3, 0.4) is 0 Å². The van der Waals surface area contributed by atoms with Gasteiger partial charge in [-0.1, -0.05) is 13.3 Å². The Kier molecular flexibility index (Phi) is 5.68. The van der Waals surface area contributed by atoms with E-state index >= 15 is 0 Å². The Labute approximate surface area is 107 Å². The zero-order valence-electron chi connectivity index (χ0n) is 10.5. The number of aromatic nitrogens is 2. The summed E-state index contributed by atoms with van der Waals surface area (Å²) in [6.45, 7) is 0.820. The third-order valence-corrected chi connectivity index (χ3v) is 2.47. The van der Waals surface area contributed by atoms with Crippen molar-refractivity contribution in [3.63, 3.8) is 0 Å². The predicted molar refractivity (Wildman–Crippen MR) is 63.8 cm³/mol. The lowest BCUT2D eigenvalue weighted by Gasteiger charge is -2.11. The van der Waals surface area contributed by atoms with Crippen LogP contribution >= 0.6 is 0 Å². The molecule has 0 aliphatic heterocycles. The molecule has 0 aromatic carbocycles. The molecule has 6 nitrogen and oxygen atoms in total. The van der Waals surface area contributed by atoms with Gasteiger partial charge in [-0.05, 0) is 6.42 Å². The van der Waals surface area contributed by atoms with Gasteiger partial charge >= 0.3 is 5.69 Å². The van der Waals surface area contributed by atoms with Crippen LogP contribution in [0.25, 0.3) is 0 Å². The second-order valence-electron chi connectivity index (χ2n) is 3.93. The largest absolute Gasteiger partial charge is 0.494 e. The lowest BCUT2D eigenvalue weighted by atomic mass is 10.2. The molecule has 0 fully saturated rings. The molecular weight excluding hydrogens is 262 g/mol. The first-order valence-electron chi connectivity index (χ1n) is 5.88. The van der Waals surface area contributed by atoms with E-state index in [1.54, 1.807) is 0 Å². The van der Waals surface area contributed by atoms with E-state index < -0.39 is 30.2 Å². The molecule has 0 aliphatic carbocycles. The molecule has 0 saturated carbocycles. The first-order chi connectivity index (χ1) is 8.97. The molecule has 1 aromatic rings. The summed E-state index contributed by atoms with van der Waals surface area (Å²) in [5, 5.41) is 9.83. The normalized spacial score (nSPS) is 11.2. The van der Waals surface area contributed by atoms with Gasteiger partial charge in [0.15, 0.2) is 0 Å². The maximum Gasteiger partial charge on any atom is 0.331 e. The molecular formula is C11H16F2N2O4. The molecule has 19 heavy (non-hydrogen) atoms. The number of alkyl halides is 2. The van der Waals surface area contributed by atoms with Crippen LogP contribution < -0.4 is 11.2 Å². The summed E-state index contributed by atoms with van der Waals surface area (Å²) in [7, 11) is 0. The first-order valence-corrected chi connectivity index (χ1v) is 5.88. The van der Waals surface area contributed by atoms with E-state index in [0.717, 1.165) is 4.57 Å². The highest BCUT2D eigenvalue weighted by molar-refractivity contribution is 5.22. The van der Waals surface area contributed by atoms with Crippen molar-refractivity contribution in [1.82, 2.24) is 9.55 Å². The molecule has 8 heteroatoms. The van der Waals surface area contributed by atoms with Crippen molar-refractivity contribution in [1.29, 1.82) is 0 Å². The third kappa shape index (κ3) is 4.16. The third-order valence-electron chi connectivity index (χ3n) is 2.47. The number of rotatable bonds is 7. The van der Waals surface area contributed by atoms with Crippen molar-refractivity contribution < 1.29 is 18.6 Å². The van der Waals surface area contributed by atoms with E-state index in [1.165, 1.54) is 0 Å². The van der Waals surface area contributed by atoms with Crippen molar-refractivity contribution in [2.75, 3.05) is 13.2 Å². The minimum atomic E-state index is -2.59. The van der Waals surface area contributed by atoms with Crippen molar-refractivity contribution in [3.8, 4) is 5.88 Å². The number of aromatic amines is 1. The number of halogens is 2. The van der Waals surface area contributed by atoms with Crippen LogP contribution in [0, 0.1) is 0 Å². The van der Waals surface area contributed by atoms with Crippen LogP contribution in [0.2, 0.25) is 0 Å². The highest BCUT2D eigenvalue weighted by Crippen LogP contribution is 2.11. The Morgan fingerprint density at radius 3 is 2.68 bits per heavy atom. The van der Waals surface area contributed by atoms with Gasteiger partial charge < -0.3 is 9.84 Å². The highest BCUT2D eigenvalue weighted by Gasteiger charge is 2.13. The lowest BCUT2D eigenvalue weighted by Crippen LogP contribution is -2.33. The molecule has 0 saturated heterocycles. The van der Waals surface area contributed by atoms with E-state index in [9.17, 15) is 23.5 Å². The SMILES string of the molecule is CCCc1c(O)n(CCOCC(F)F)c(=O)[nH]c1=O. The minimum Gasteiger partial charge on any atom is -0.494 e. The van der Waals surface area contributed by atoms with Crippen LogP contribution in [0.4, 0.5) is 8.78 Å². The summed E-state index contributed by atoms with van der Waals surface area (Å²) >= 11 is 0. The van der Waals surface area contributed by atoms with Crippen LogP contribution in [-0.2, 0) is 17.7 Å². The molecule has 1 heterocycles. The fourth-order valence-corrected chi connectivity index (χ4v) is 1.61. The Bertz CT molecular complexity index is 524. The van der Waals surface area contributed by atoms with Crippen LogP contribution in [-0.4, -0.2) is 34.3 Å². The molecule has 2 N–H and O–H groups in total. The van der Waals surface area contributed by atoms with Crippen LogP contribution in [0.5, 0.6) is 5.88 Å². The van der Waals surface area contributed by atoms with E-state index in [2.05, 4.69) is 9.72 Å². The molecule has 0 unspecified atom stereocenters. The smallest absolute Gasteiger partial charge is 0.331 e. The molecule has 0 aliphatic rings. The average molecular weight is 278 g/mol. The topological polar surface area (TPSA) is 84.3 Å². The zero-order valence-corrected chi connectivity index (χ0v) is 10.5. The number of H-pyrrole nitrogens is 1. The van der Waals surface area contributed by atoms with Crippen molar-refractivity contribution in [2.45, 2.75) is 32.7 Å². The Hall–Kier alpha value is -1.70. The summed E-state index contributed by atoms with van der Waals surface area (Å²) in [6, 6.07) is 0. The predicted octanol–water partition coefficient (Wildman–Crippen LogP) is 0.476. The van der Waals surface area contributed by atoms with Crippen LogP contribution in [0.1, 0.15) is 18.9 Å². The fourth-order valence-electron chi connectivity index (χ4n) is 1.61. The minimum absolute atomic E-state index is 0.106. The Morgan fingerprint density at radius 1 is 1.42 bits per heavy atom. The molecule has 0 bridgehead atoms. The van der Waals surface area contributed by atoms with Crippen molar-refractivity contribution in [2.24, 2.45) is 0 Å². The van der Waals surface area contributed by atoms with E-state index in [4.69, 9.17) is 0 Å². The summed E-state index contributed by atoms with van der Waals surface area (Å²) in [6.07, 6.45) is -1.65. The molecule has 0 radical (unpaired) electrons. The number of nitrogens with one attached hydrogen (secondary N) is 1. The highest BCUT2D eigenvalue weighted by atomic mass is 19.3. The molecule has 0 atom stereocenters. The monoisotopic (exact) mass is 278 g/mol. The second-order valence-corrected chi connectivity index (χ2v) is 3.93. The van der Waals surface area contributed by atoms with Gasteiger partial charge in [0.2, 0.25) is 5.88 Å². The summed E-state index contributed by atoms with van der Waals surface area (Å²) in [4.78, 5) is 25.0. The van der Waals surface area contributed by atoms with Gasteiger partial charge in [0, 0.05) is 0 Å². The first kappa shape index (κ1) is 15.4. The zero-order chi connectivity index (χ0) is 14.4. The van der Waals surface area contributed by atoms with E-state index in [-0.39, 0.29) is 18.7 Å². The lowest BCUT2D eigenvalue weighted by molar-refractivity contribution is 0.0140. The summed E-state index contributed by atoms with van der Waals surface area (Å²) in [5.74, 6) is -0.434. The standard InChI is InChI=1S/C11H16F2N2O4/c1-2-3-7-9(16)14-11(18)15(10(7)17)4-5-19-6-8(12)13/h8,17H,2-6H2,1H3,(H,14,16,18). The van der Waals surface area contributed by atoms with E-state index in [0.29, 0.717) is 12.8 Å². The number of aromatic hydroxyl groups is 1. The van der Waals surface area contributed by atoms with E-state index in [1.807, 2.05) is 6.92 Å². The van der Waals surface area contributed by atoms with Gasteiger partial charge in [0.05, 0.1) is 18.7 Å². The van der Waals surface area contributed by atoms with Crippen molar-refractivity contribution >= 4 is 0 Å². The number of nitrogens with zero attached hydrogens (tertiary/aromatic N) is 1. The molecule has 108 valence electrons.